The third-order valence-corrected chi connectivity index (χ3v) is 6.55. The minimum Gasteiger partial charge on any atom is -0.333 e. The van der Waals surface area contributed by atoms with Gasteiger partial charge in [-0.25, -0.2) is 4.39 Å². The van der Waals surface area contributed by atoms with Gasteiger partial charge in [0, 0.05) is 19.2 Å². The molecule has 0 spiro atoms. The molecular weight excluding hydrogens is 379 g/mol. The second kappa shape index (κ2) is 7.71. The molecule has 0 aromatic heterocycles. The fourth-order valence-corrected chi connectivity index (χ4v) is 4.66. The van der Waals surface area contributed by atoms with E-state index in [9.17, 15) is 14.0 Å². The SMILES string of the molecule is CN1C(=O)C2=C(CCCN(C(=O)Cc3ccccc3)C2c2ccc(F)cc2)C1(C)C. The van der Waals surface area contributed by atoms with Gasteiger partial charge in [-0.15, -0.1) is 0 Å². The fourth-order valence-electron chi connectivity index (χ4n) is 4.66. The summed E-state index contributed by atoms with van der Waals surface area (Å²) in [6.07, 6.45) is 1.83. The lowest BCUT2D eigenvalue weighted by atomic mass is 9.87. The lowest BCUT2D eigenvalue weighted by molar-refractivity contribution is -0.133. The maximum atomic E-state index is 13.6. The molecule has 4 rings (SSSR count). The van der Waals surface area contributed by atoms with Crippen LogP contribution in [0.25, 0.3) is 0 Å². The van der Waals surface area contributed by atoms with Crippen LogP contribution in [0.5, 0.6) is 0 Å². The van der Waals surface area contributed by atoms with E-state index in [2.05, 4.69) is 13.8 Å². The van der Waals surface area contributed by atoms with Gasteiger partial charge in [-0.05, 0) is 55.5 Å². The third-order valence-electron chi connectivity index (χ3n) is 6.55. The zero-order valence-electron chi connectivity index (χ0n) is 17.7. The first-order valence-electron chi connectivity index (χ1n) is 10.4. The van der Waals surface area contributed by atoms with Gasteiger partial charge < -0.3 is 9.80 Å². The van der Waals surface area contributed by atoms with Crippen LogP contribution in [0.3, 0.4) is 0 Å². The number of likely N-dealkylation sites (N-methyl/N-ethyl adjacent to an activating group) is 1. The second-order valence-electron chi connectivity index (χ2n) is 8.62. The molecule has 156 valence electrons. The van der Waals surface area contributed by atoms with E-state index in [4.69, 9.17) is 0 Å². The first-order valence-corrected chi connectivity index (χ1v) is 10.4. The average Bonchev–Trinajstić information content (AvgIpc) is 2.88. The Morgan fingerprint density at radius 1 is 1.10 bits per heavy atom. The minimum atomic E-state index is -0.504. The van der Waals surface area contributed by atoms with Gasteiger partial charge in [0.15, 0.2) is 0 Å². The number of carbonyl (C=O) groups is 2. The summed E-state index contributed by atoms with van der Waals surface area (Å²) in [5, 5.41) is 0. The Morgan fingerprint density at radius 3 is 2.43 bits per heavy atom. The molecule has 4 nitrogen and oxygen atoms in total. The minimum absolute atomic E-state index is 0.0237. The van der Waals surface area contributed by atoms with E-state index in [1.165, 1.54) is 12.1 Å². The molecule has 2 aliphatic heterocycles. The van der Waals surface area contributed by atoms with Crippen molar-refractivity contribution in [1.82, 2.24) is 9.80 Å². The van der Waals surface area contributed by atoms with Gasteiger partial charge in [-0.2, -0.15) is 0 Å². The lowest BCUT2D eigenvalue weighted by Gasteiger charge is -2.33. The van der Waals surface area contributed by atoms with Crippen molar-refractivity contribution in [1.29, 1.82) is 0 Å². The highest BCUT2D eigenvalue weighted by Crippen LogP contribution is 2.46. The van der Waals surface area contributed by atoms with Crippen molar-refractivity contribution in [3.8, 4) is 0 Å². The Bertz CT molecular complexity index is 996. The number of carbonyl (C=O) groups excluding carboxylic acids is 2. The van der Waals surface area contributed by atoms with Crippen molar-refractivity contribution in [2.24, 2.45) is 0 Å². The highest BCUT2D eigenvalue weighted by Gasteiger charge is 2.48. The Morgan fingerprint density at radius 2 is 1.77 bits per heavy atom. The summed E-state index contributed by atoms with van der Waals surface area (Å²) in [5.74, 6) is -0.410. The van der Waals surface area contributed by atoms with E-state index >= 15 is 0 Å². The molecule has 0 fully saturated rings. The summed E-state index contributed by atoms with van der Waals surface area (Å²) in [6, 6.07) is 15.3. The van der Waals surface area contributed by atoms with Crippen molar-refractivity contribution in [3.05, 3.63) is 82.7 Å². The number of hydrogen-bond acceptors (Lipinski definition) is 2. The van der Waals surface area contributed by atoms with Crippen LogP contribution in [0.2, 0.25) is 0 Å². The molecule has 0 saturated heterocycles. The zero-order chi connectivity index (χ0) is 21.5. The van der Waals surface area contributed by atoms with Crippen molar-refractivity contribution >= 4 is 11.8 Å². The maximum Gasteiger partial charge on any atom is 0.252 e. The normalized spacial score (nSPS) is 20.9. The Labute approximate surface area is 177 Å². The van der Waals surface area contributed by atoms with Crippen LogP contribution in [-0.4, -0.2) is 40.7 Å². The zero-order valence-corrected chi connectivity index (χ0v) is 17.7. The van der Waals surface area contributed by atoms with Crippen molar-refractivity contribution < 1.29 is 14.0 Å². The van der Waals surface area contributed by atoms with Crippen LogP contribution < -0.4 is 0 Å². The maximum absolute atomic E-state index is 13.6. The summed E-state index contributed by atoms with van der Waals surface area (Å²) < 4.78 is 13.6. The monoisotopic (exact) mass is 406 g/mol. The largest absolute Gasteiger partial charge is 0.333 e. The van der Waals surface area contributed by atoms with Gasteiger partial charge in [0.05, 0.1) is 18.0 Å². The van der Waals surface area contributed by atoms with Gasteiger partial charge in [-0.3, -0.25) is 9.59 Å². The van der Waals surface area contributed by atoms with Crippen molar-refractivity contribution in [3.63, 3.8) is 0 Å². The molecule has 1 atom stereocenters. The van der Waals surface area contributed by atoms with Gasteiger partial charge in [-0.1, -0.05) is 42.5 Å². The van der Waals surface area contributed by atoms with E-state index in [0.29, 0.717) is 12.1 Å². The predicted molar refractivity (Wildman–Crippen MR) is 114 cm³/mol. The van der Waals surface area contributed by atoms with Gasteiger partial charge in [0.1, 0.15) is 5.82 Å². The number of benzene rings is 2. The summed E-state index contributed by atoms with van der Waals surface area (Å²) in [4.78, 5) is 30.3. The van der Waals surface area contributed by atoms with Gasteiger partial charge in [0.25, 0.3) is 5.91 Å². The van der Waals surface area contributed by atoms with Crippen molar-refractivity contribution in [2.75, 3.05) is 13.6 Å². The quantitative estimate of drug-likeness (QED) is 0.763. The van der Waals surface area contributed by atoms with Crippen LogP contribution >= 0.6 is 0 Å². The van der Waals surface area contributed by atoms with E-state index in [1.807, 2.05) is 42.3 Å². The Balaban J connectivity index is 1.80. The van der Waals surface area contributed by atoms with E-state index < -0.39 is 11.6 Å². The van der Waals surface area contributed by atoms with E-state index in [1.54, 1.807) is 17.0 Å². The predicted octanol–water partition coefficient (Wildman–Crippen LogP) is 4.28. The van der Waals surface area contributed by atoms with Crippen LogP contribution in [0.1, 0.15) is 43.9 Å². The standard InChI is InChI=1S/C25H27FN2O2/c1-25(2)20-10-7-15-28(21(29)16-17-8-5-4-6-9-17)23(22(20)24(30)27(25)3)18-11-13-19(26)14-12-18/h4-6,8-9,11-14,23H,7,10,15-16H2,1-3H3. The number of halogens is 1. The number of rotatable bonds is 3. The summed E-state index contributed by atoms with van der Waals surface area (Å²) in [5.41, 5.74) is 3.07. The first-order chi connectivity index (χ1) is 14.3. The second-order valence-corrected chi connectivity index (χ2v) is 8.62. The molecule has 1 unspecified atom stereocenters. The molecular formula is C25H27FN2O2. The topological polar surface area (TPSA) is 40.6 Å². The van der Waals surface area contributed by atoms with E-state index in [-0.39, 0.29) is 24.1 Å². The molecule has 2 aliphatic rings. The van der Waals surface area contributed by atoms with Gasteiger partial charge in [0.2, 0.25) is 5.91 Å². The highest BCUT2D eigenvalue weighted by molar-refractivity contribution is 6.00. The molecule has 0 aliphatic carbocycles. The van der Waals surface area contributed by atoms with Gasteiger partial charge >= 0.3 is 0 Å². The number of nitrogens with zero attached hydrogens (tertiary/aromatic N) is 2. The molecule has 0 bridgehead atoms. The Kier molecular flexibility index (Phi) is 5.22. The first kappa shape index (κ1) is 20.3. The third kappa shape index (κ3) is 3.42. The molecule has 5 heteroatoms. The smallest absolute Gasteiger partial charge is 0.252 e. The lowest BCUT2D eigenvalue weighted by Crippen LogP contribution is -2.42. The average molecular weight is 407 g/mol. The summed E-state index contributed by atoms with van der Waals surface area (Å²) >= 11 is 0. The molecule has 2 amide bonds. The number of amides is 2. The number of hydrogen-bond donors (Lipinski definition) is 0. The van der Waals surface area contributed by atoms with Crippen molar-refractivity contribution in [2.45, 2.75) is 44.7 Å². The van der Waals surface area contributed by atoms with Crippen LogP contribution in [0, 0.1) is 5.82 Å². The van der Waals surface area contributed by atoms with Crippen LogP contribution in [-0.2, 0) is 16.0 Å². The Hall–Kier alpha value is -2.95. The molecule has 2 aromatic rings. The van der Waals surface area contributed by atoms with E-state index in [0.717, 1.165) is 29.5 Å². The summed E-state index contributed by atoms with van der Waals surface area (Å²) in [7, 11) is 1.81. The van der Waals surface area contributed by atoms with Crippen LogP contribution in [0.15, 0.2) is 65.7 Å². The fraction of sp³-hybridized carbons (Fsp3) is 0.360. The molecule has 0 radical (unpaired) electrons. The highest BCUT2D eigenvalue weighted by atomic mass is 19.1. The molecule has 30 heavy (non-hydrogen) atoms. The molecule has 2 aromatic carbocycles. The molecule has 0 saturated carbocycles. The summed E-state index contributed by atoms with van der Waals surface area (Å²) in [6.45, 7) is 4.67. The molecule has 2 heterocycles. The molecule has 0 N–H and O–H groups in total. The van der Waals surface area contributed by atoms with Crippen LogP contribution in [0.4, 0.5) is 4.39 Å².